The van der Waals surface area contributed by atoms with Crippen molar-refractivity contribution < 1.29 is 14.3 Å². The van der Waals surface area contributed by atoms with Crippen LogP contribution >= 0.6 is 0 Å². The third-order valence-corrected chi connectivity index (χ3v) is 5.74. The van der Waals surface area contributed by atoms with Crippen LogP contribution in [0.5, 0.6) is 5.75 Å². The third kappa shape index (κ3) is 3.50. The highest BCUT2D eigenvalue weighted by molar-refractivity contribution is 5.88. The van der Waals surface area contributed by atoms with Gasteiger partial charge in [-0.2, -0.15) is 0 Å². The van der Waals surface area contributed by atoms with Gasteiger partial charge in [-0.15, -0.1) is 0 Å². The highest BCUT2D eigenvalue weighted by Crippen LogP contribution is 2.36. The van der Waals surface area contributed by atoms with Gasteiger partial charge in [-0.05, 0) is 48.1 Å². The van der Waals surface area contributed by atoms with Crippen LogP contribution in [0.15, 0.2) is 60.8 Å². The number of benzene rings is 2. The summed E-state index contributed by atoms with van der Waals surface area (Å²) >= 11 is 0. The van der Waals surface area contributed by atoms with Crippen LogP contribution in [0.25, 0.3) is 10.9 Å². The maximum atomic E-state index is 13.3. The fourth-order valence-corrected chi connectivity index (χ4v) is 4.07. The first-order valence-electron chi connectivity index (χ1n) is 9.77. The molecular formula is C23H26N2O3. The van der Waals surface area contributed by atoms with Crippen molar-refractivity contribution in [2.24, 2.45) is 0 Å². The van der Waals surface area contributed by atoms with Crippen molar-refractivity contribution in [2.75, 3.05) is 26.9 Å². The second-order valence-corrected chi connectivity index (χ2v) is 7.25. The highest BCUT2D eigenvalue weighted by Gasteiger charge is 2.41. The number of ether oxygens (including phenoxy) is 2. The lowest BCUT2D eigenvalue weighted by Crippen LogP contribution is -2.48. The van der Waals surface area contributed by atoms with Crippen LogP contribution in [0, 0.1) is 0 Å². The summed E-state index contributed by atoms with van der Waals surface area (Å²) in [7, 11) is 1.65. The number of nitrogens with zero attached hydrogens (tertiary/aromatic N) is 1. The predicted octanol–water partition coefficient (Wildman–Crippen LogP) is 3.51. The summed E-state index contributed by atoms with van der Waals surface area (Å²) < 4.78 is 13.0. The van der Waals surface area contributed by atoms with Gasteiger partial charge in [0.15, 0.2) is 0 Å². The van der Waals surface area contributed by atoms with Crippen LogP contribution in [0.2, 0.25) is 0 Å². The summed E-state index contributed by atoms with van der Waals surface area (Å²) in [5.41, 5.74) is 1.68. The standard InChI is InChI=1S/C23H26N2O3/c1-27-20-8-6-19(7-9-20)23(11-16-28-17-12-23)22(26)24-13-15-25-14-10-18-4-2-3-5-21(18)25/h2-10,14H,11-13,15-17H2,1H3,(H,24,26). The van der Waals surface area contributed by atoms with E-state index in [1.165, 1.54) is 10.9 Å². The molecule has 0 atom stereocenters. The van der Waals surface area contributed by atoms with Crippen LogP contribution in [0.4, 0.5) is 0 Å². The van der Waals surface area contributed by atoms with Crippen molar-refractivity contribution >= 4 is 16.8 Å². The third-order valence-electron chi connectivity index (χ3n) is 5.74. The number of hydrogen-bond donors (Lipinski definition) is 1. The Morgan fingerprint density at radius 1 is 1.11 bits per heavy atom. The summed E-state index contributed by atoms with van der Waals surface area (Å²) in [6.07, 6.45) is 3.46. The van der Waals surface area contributed by atoms with Crippen molar-refractivity contribution in [3.05, 3.63) is 66.4 Å². The number of carbonyl (C=O) groups is 1. The van der Waals surface area contributed by atoms with E-state index in [0.29, 0.717) is 32.6 Å². The summed E-state index contributed by atoms with van der Waals surface area (Å²) in [6, 6.07) is 18.2. The summed E-state index contributed by atoms with van der Waals surface area (Å²) in [4.78, 5) is 13.3. The Morgan fingerprint density at radius 3 is 2.61 bits per heavy atom. The molecule has 1 aromatic heterocycles. The Labute approximate surface area is 165 Å². The zero-order chi connectivity index (χ0) is 19.4. The van der Waals surface area contributed by atoms with Crippen molar-refractivity contribution in [3.8, 4) is 5.75 Å². The highest BCUT2D eigenvalue weighted by atomic mass is 16.5. The fraction of sp³-hybridized carbons (Fsp3) is 0.348. The molecule has 4 rings (SSSR count). The normalized spacial score (nSPS) is 16.0. The zero-order valence-corrected chi connectivity index (χ0v) is 16.2. The number of amides is 1. The minimum absolute atomic E-state index is 0.0810. The van der Waals surface area contributed by atoms with E-state index in [1.54, 1.807) is 7.11 Å². The van der Waals surface area contributed by atoms with E-state index in [1.807, 2.05) is 36.4 Å². The largest absolute Gasteiger partial charge is 0.497 e. The Bertz CT molecular complexity index is 940. The molecule has 0 spiro atoms. The van der Waals surface area contributed by atoms with E-state index in [2.05, 4.69) is 34.3 Å². The number of nitrogens with one attached hydrogen (secondary N) is 1. The number of fused-ring (bicyclic) bond motifs is 1. The molecule has 0 bridgehead atoms. The SMILES string of the molecule is COc1ccc(C2(C(=O)NCCn3ccc4ccccc43)CCOCC2)cc1. The first-order valence-corrected chi connectivity index (χ1v) is 9.77. The zero-order valence-electron chi connectivity index (χ0n) is 16.2. The Kier molecular flexibility index (Phi) is 5.35. The summed E-state index contributed by atoms with van der Waals surface area (Å²) in [6.45, 7) is 2.54. The van der Waals surface area contributed by atoms with Gasteiger partial charge in [0.2, 0.25) is 5.91 Å². The molecule has 2 aromatic carbocycles. The molecule has 0 radical (unpaired) electrons. The molecule has 2 heterocycles. The molecule has 1 amide bonds. The van der Waals surface area contributed by atoms with Crippen LogP contribution in [-0.4, -0.2) is 37.3 Å². The van der Waals surface area contributed by atoms with Gasteiger partial charge in [-0.25, -0.2) is 0 Å². The van der Waals surface area contributed by atoms with Gasteiger partial charge in [0.05, 0.1) is 12.5 Å². The lowest BCUT2D eigenvalue weighted by Gasteiger charge is -2.36. The molecule has 146 valence electrons. The van der Waals surface area contributed by atoms with Gasteiger partial charge < -0.3 is 19.4 Å². The molecule has 0 unspecified atom stereocenters. The van der Waals surface area contributed by atoms with E-state index in [9.17, 15) is 4.79 Å². The van der Waals surface area contributed by atoms with Gasteiger partial charge in [0.25, 0.3) is 0 Å². The molecule has 5 nitrogen and oxygen atoms in total. The van der Waals surface area contributed by atoms with E-state index >= 15 is 0 Å². The van der Waals surface area contributed by atoms with Crippen LogP contribution in [0.3, 0.4) is 0 Å². The molecule has 1 N–H and O–H groups in total. The molecule has 0 saturated carbocycles. The lowest BCUT2D eigenvalue weighted by molar-refractivity contribution is -0.130. The Balaban J connectivity index is 1.48. The minimum atomic E-state index is -0.538. The monoisotopic (exact) mass is 378 g/mol. The number of aromatic nitrogens is 1. The fourth-order valence-electron chi connectivity index (χ4n) is 4.07. The molecule has 3 aromatic rings. The van der Waals surface area contributed by atoms with E-state index < -0.39 is 5.41 Å². The smallest absolute Gasteiger partial charge is 0.230 e. The number of hydrogen-bond acceptors (Lipinski definition) is 3. The number of carbonyl (C=O) groups excluding carboxylic acids is 1. The predicted molar refractivity (Wildman–Crippen MR) is 110 cm³/mol. The van der Waals surface area contributed by atoms with Crippen molar-refractivity contribution in [2.45, 2.75) is 24.8 Å². The average molecular weight is 378 g/mol. The molecule has 0 aliphatic carbocycles. The molecule has 1 saturated heterocycles. The van der Waals surface area contributed by atoms with Crippen LogP contribution in [-0.2, 0) is 21.5 Å². The Hall–Kier alpha value is -2.79. The van der Waals surface area contributed by atoms with Crippen molar-refractivity contribution in [3.63, 3.8) is 0 Å². The lowest BCUT2D eigenvalue weighted by atomic mass is 9.73. The number of rotatable bonds is 6. The minimum Gasteiger partial charge on any atom is -0.497 e. The van der Waals surface area contributed by atoms with E-state index in [0.717, 1.165) is 17.9 Å². The van der Waals surface area contributed by atoms with E-state index in [-0.39, 0.29) is 5.91 Å². The average Bonchev–Trinajstić information content (AvgIpc) is 3.17. The molecule has 28 heavy (non-hydrogen) atoms. The van der Waals surface area contributed by atoms with Gasteiger partial charge in [0, 0.05) is 38.0 Å². The topological polar surface area (TPSA) is 52.5 Å². The van der Waals surface area contributed by atoms with Crippen LogP contribution in [0.1, 0.15) is 18.4 Å². The van der Waals surface area contributed by atoms with Gasteiger partial charge in [-0.1, -0.05) is 30.3 Å². The number of para-hydroxylation sites is 1. The van der Waals surface area contributed by atoms with Crippen molar-refractivity contribution in [1.29, 1.82) is 0 Å². The first kappa shape index (κ1) is 18.6. The molecular weight excluding hydrogens is 352 g/mol. The molecule has 1 aliphatic heterocycles. The maximum absolute atomic E-state index is 13.3. The molecule has 1 fully saturated rings. The summed E-state index contributed by atoms with van der Waals surface area (Å²) in [5.74, 6) is 0.878. The van der Waals surface area contributed by atoms with Crippen molar-refractivity contribution in [1.82, 2.24) is 9.88 Å². The maximum Gasteiger partial charge on any atom is 0.230 e. The summed E-state index contributed by atoms with van der Waals surface area (Å²) in [5, 5.41) is 4.39. The number of methoxy groups -OCH3 is 1. The van der Waals surface area contributed by atoms with Gasteiger partial charge in [-0.3, -0.25) is 4.79 Å². The van der Waals surface area contributed by atoms with Gasteiger partial charge >= 0.3 is 0 Å². The Morgan fingerprint density at radius 2 is 1.86 bits per heavy atom. The van der Waals surface area contributed by atoms with E-state index in [4.69, 9.17) is 9.47 Å². The quantitative estimate of drug-likeness (QED) is 0.714. The second-order valence-electron chi connectivity index (χ2n) is 7.25. The van der Waals surface area contributed by atoms with Crippen LogP contribution < -0.4 is 10.1 Å². The second kappa shape index (κ2) is 8.07. The van der Waals surface area contributed by atoms with Gasteiger partial charge in [0.1, 0.15) is 5.75 Å². The first-order chi connectivity index (χ1) is 13.7. The molecule has 1 aliphatic rings. The molecule has 5 heteroatoms.